The summed E-state index contributed by atoms with van der Waals surface area (Å²) in [6.45, 7) is 5.50. The SMILES string of the molecule is CC[C@@H](C)NC(=O)[C@H](Cc1ccccc1)N(Cc1ccccc1C)C(=O)CN(c1cccc(Br)c1)S(=O)(=O)c1ccccc1. The van der Waals surface area contributed by atoms with Crippen LogP contribution in [0.3, 0.4) is 0 Å². The Bertz CT molecular complexity index is 1670. The zero-order chi connectivity index (χ0) is 31.7. The summed E-state index contributed by atoms with van der Waals surface area (Å²) in [6, 6.07) is 31.1. The van der Waals surface area contributed by atoms with Crippen molar-refractivity contribution in [2.24, 2.45) is 0 Å². The molecule has 44 heavy (non-hydrogen) atoms. The Kier molecular flexibility index (Phi) is 11.4. The molecule has 0 aliphatic rings. The summed E-state index contributed by atoms with van der Waals surface area (Å²) < 4.78 is 29.9. The van der Waals surface area contributed by atoms with Gasteiger partial charge in [0.15, 0.2) is 0 Å². The number of carbonyl (C=O) groups excluding carboxylic acids is 2. The van der Waals surface area contributed by atoms with E-state index in [1.165, 1.54) is 17.0 Å². The Morgan fingerprint density at radius 1 is 0.864 bits per heavy atom. The molecule has 0 aliphatic carbocycles. The van der Waals surface area contributed by atoms with Gasteiger partial charge in [-0.3, -0.25) is 13.9 Å². The van der Waals surface area contributed by atoms with E-state index in [9.17, 15) is 18.0 Å². The third kappa shape index (κ3) is 8.36. The second-order valence-corrected chi connectivity index (χ2v) is 13.6. The van der Waals surface area contributed by atoms with Crippen molar-refractivity contribution >= 4 is 43.5 Å². The highest BCUT2D eigenvalue weighted by atomic mass is 79.9. The monoisotopic (exact) mass is 675 g/mol. The summed E-state index contributed by atoms with van der Waals surface area (Å²) in [7, 11) is -4.14. The number of sulfonamides is 1. The molecule has 0 aliphatic heterocycles. The summed E-state index contributed by atoms with van der Waals surface area (Å²) in [5.41, 5.74) is 3.05. The standard InChI is InChI=1S/C35H38BrN3O4S/c1-4-27(3)37-35(41)33(22-28-15-7-5-8-16-28)38(24-29-17-12-11-14-26(29)2)34(40)25-39(31-19-13-18-30(36)23-31)44(42,43)32-20-9-6-10-21-32/h5-21,23,27,33H,4,22,24-25H2,1-3H3,(H,37,41)/t27-,33+/m1/s1. The minimum absolute atomic E-state index is 0.0635. The van der Waals surface area contributed by atoms with Crippen LogP contribution in [0.15, 0.2) is 119 Å². The van der Waals surface area contributed by atoms with Gasteiger partial charge in [0.05, 0.1) is 10.6 Å². The first-order chi connectivity index (χ1) is 21.1. The lowest BCUT2D eigenvalue weighted by atomic mass is 10.0. The van der Waals surface area contributed by atoms with Crippen molar-refractivity contribution in [3.8, 4) is 0 Å². The molecule has 0 saturated carbocycles. The molecule has 1 N–H and O–H groups in total. The zero-order valence-corrected chi connectivity index (χ0v) is 27.6. The van der Waals surface area contributed by atoms with E-state index in [4.69, 9.17) is 0 Å². The topological polar surface area (TPSA) is 86.8 Å². The number of rotatable bonds is 13. The number of benzene rings is 4. The minimum Gasteiger partial charge on any atom is -0.352 e. The van der Waals surface area contributed by atoms with Gasteiger partial charge in [0.25, 0.3) is 10.0 Å². The van der Waals surface area contributed by atoms with Crippen LogP contribution in [0.1, 0.15) is 37.0 Å². The number of anilines is 1. The van der Waals surface area contributed by atoms with Crippen molar-refractivity contribution in [3.63, 3.8) is 0 Å². The minimum atomic E-state index is -4.14. The molecule has 9 heteroatoms. The molecule has 0 radical (unpaired) electrons. The number of halogens is 1. The smallest absolute Gasteiger partial charge is 0.264 e. The van der Waals surface area contributed by atoms with Gasteiger partial charge < -0.3 is 10.2 Å². The van der Waals surface area contributed by atoms with Gasteiger partial charge in [-0.15, -0.1) is 0 Å². The van der Waals surface area contributed by atoms with Crippen LogP contribution in [0.2, 0.25) is 0 Å². The number of hydrogen-bond acceptors (Lipinski definition) is 4. The van der Waals surface area contributed by atoms with Gasteiger partial charge in [-0.25, -0.2) is 8.42 Å². The summed E-state index contributed by atoms with van der Waals surface area (Å²) in [4.78, 5) is 30.0. The highest BCUT2D eigenvalue weighted by Gasteiger charge is 2.35. The second-order valence-electron chi connectivity index (χ2n) is 10.8. The fraction of sp³-hybridized carbons (Fsp3) is 0.257. The predicted molar refractivity (Wildman–Crippen MR) is 179 cm³/mol. The van der Waals surface area contributed by atoms with Gasteiger partial charge in [-0.05, 0) is 67.3 Å². The third-order valence-electron chi connectivity index (χ3n) is 7.58. The maximum atomic E-state index is 14.5. The van der Waals surface area contributed by atoms with Crippen LogP contribution in [-0.2, 0) is 32.6 Å². The third-order valence-corrected chi connectivity index (χ3v) is 9.86. The Balaban J connectivity index is 1.81. The normalized spacial score (nSPS) is 12.6. The van der Waals surface area contributed by atoms with Crippen molar-refractivity contribution < 1.29 is 18.0 Å². The maximum Gasteiger partial charge on any atom is 0.264 e. The van der Waals surface area contributed by atoms with E-state index < -0.39 is 28.5 Å². The van der Waals surface area contributed by atoms with Gasteiger partial charge in [0.1, 0.15) is 12.6 Å². The summed E-state index contributed by atoms with van der Waals surface area (Å²) in [6.07, 6.45) is 0.991. The average Bonchev–Trinajstić information content (AvgIpc) is 3.03. The van der Waals surface area contributed by atoms with E-state index >= 15 is 0 Å². The van der Waals surface area contributed by atoms with Gasteiger partial charge in [0, 0.05) is 23.5 Å². The van der Waals surface area contributed by atoms with Crippen LogP contribution in [0.5, 0.6) is 0 Å². The quantitative estimate of drug-likeness (QED) is 0.175. The molecular weight excluding hydrogens is 638 g/mol. The van der Waals surface area contributed by atoms with E-state index in [0.717, 1.165) is 27.4 Å². The summed E-state index contributed by atoms with van der Waals surface area (Å²) in [5.74, 6) is -0.780. The van der Waals surface area contributed by atoms with E-state index in [1.807, 2.05) is 75.4 Å². The molecule has 0 bridgehead atoms. The summed E-state index contributed by atoms with van der Waals surface area (Å²) in [5, 5.41) is 3.06. The zero-order valence-electron chi connectivity index (χ0n) is 25.2. The number of nitrogens with one attached hydrogen (secondary N) is 1. The highest BCUT2D eigenvalue weighted by Crippen LogP contribution is 2.27. The van der Waals surface area contributed by atoms with Gasteiger partial charge in [-0.2, -0.15) is 0 Å². The van der Waals surface area contributed by atoms with Crippen LogP contribution in [-0.4, -0.2) is 43.8 Å². The Morgan fingerprint density at radius 2 is 1.50 bits per heavy atom. The van der Waals surface area contributed by atoms with Crippen LogP contribution in [0.4, 0.5) is 5.69 Å². The average molecular weight is 677 g/mol. The molecule has 7 nitrogen and oxygen atoms in total. The van der Waals surface area contributed by atoms with Crippen molar-refractivity contribution in [2.75, 3.05) is 10.8 Å². The number of aryl methyl sites for hydroxylation is 1. The molecule has 4 aromatic rings. The van der Waals surface area contributed by atoms with Crippen molar-refractivity contribution in [2.45, 2.75) is 57.1 Å². The number of hydrogen-bond donors (Lipinski definition) is 1. The van der Waals surface area contributed by atoms with Crippen LogP contribution in [0, 0.1) is 6.92 Å². The van der Waals surface area contributed by atoms with Crippen LogP contribution < -0.4 is 9.62 Å². The maximum absolute atomic E-state index is 14.5. The summed E-state index contributed by atoms with van der Waals surface area (Å²) >= 11 is 3.44. The van der Waals surface area contributed by atoms with E-state index in [1.54, 1.807) is 42.5 Å². The predicted octanol–water partition coefficient (Wildman–Crippen LogP) is 6.51. The molecule has 2 atom stereocenters. The van der Waals surface area contributed by atoms with E-state index in [2.05, 4.69) is 21.2 Å². The van der Waals surface area contributed by atoms with E-state index in [-0.39, 0.29) is 29.8 Å². The molecule has 0 saturated heterocycles. The molecule has 230 valence electrons. The van der Waals surface area contributed by atoms with Crippen molar-refractivity contribution in [1.82, 2.24) is 10.2 Å². The Morgan fingerprint density at radius 3 is 2.14 bits per heavy atom. The van der Waals surface area contributed by atoms with Gasteiger partial charge in [-0.1, -0.05) is 102 Å². The number of amides is 2. The van der Waals surface area contributed by atoms with Crippen molar-refractivity contribution in [1.29, 1.82) is 0 Å². The molecule has 0 unspecified atom stereocenters. The Labute approximate surface area is 269 Å². The molecule has 0 fully saturated rings. The number of carbonyl (C=O) groups is 2. The highest BCUT2D eigenvalue weighted by molar-refractivity contribution is 9.10. The molecule has 4 rings (SSSR count). The first-order valence-electron chi connectivity index (χ1n) is 14.6. The molecule has 0 spiro atoms. The molecule has 0 aromatic heterocycles. The largest absolute Gasteiger partial charge is 0.352 e. The number of nitrogens with zero attached hydrogens (tertiary/aromatic N) is 2. The Hall–Kier alpha value is -3.95. The fourth-order valence-electron chi connectivity index (χ4n) is 4.85. The van der Waals surface area contributed by atoms with Gasteiger partial charge in [0.2, 0.25) is 11.8 Å². The van der Waals surface area contributed by atoms with Crippen LogP contribution >= 0.6 is 15.9 Å². The molecular formula is C35H38BrN3O4S. The van der Waals surface area contributed by atoms with E-state index in [0.29, 0.717) is 10.2 Å². The molecule has 0 heterocycles. The molecule has 2 amide bonds. The first-order valence-corrected chi connectivity index (χ1v) is 16.8. The lowest BCUT2D eigenvalue weighted by Gasteiger charge is -2.34. The lowest BCUT2D eigenvalue weighted by molar-refractivity contribution is -0.140. The lowest BCUT2D eigenvalue weighted by Crippen LogP contribution is -2.54. The van der Waals surface area contributed by atoms with Crippen LogP contribution in [0.25, 0.3) is 0 Å². The van der Waals surface area contributed by atoms with Crippen molar-refractivity contribution in [3.05, 3.63) is 130 Å². The molecule has 4 aromatic carbocycles. The first kappa shape index (κ1) is 33.0. The fourth-order valence-corrected chi connectivity index (χ4v) is 6.66. The second kappa shape index (κ2) is 15.2. The van der Waals surface area contributed by atoms with Gasteiger partial charge >= 0.3 is 0 Å².